The van der Waals surface area contributed by atoms with E-state index in [1.165, 1.54) is 10.6 Å². The van der Waals surface area contributed by atoms with Gasteiger partial charge in [-0.2, -0.15) is 0 Å². The number of phenols is 1. The predicted molar refractivity (Wildman–Crippen MR) is 155 cm³/mol. The van der Waals surface area contributed by atoms with E-state index in [9.17, 15) is 5.11 Å². The van der Waals surface area contributed by atoms with E-state index in [0.717, 1.165) is 22.1 Å². The highest BCUT2D eigenvalue weighted by Gasteiger charge is 2.25. The lowest BCUT2D eigenvalue weighted by molar-refractivity contribution is 0.446. The molecule has 0 saturated heterocycles. The maximum Gasteiger partial charge on any atom is 0.146 e. The van der Waals surface area contributed by atoms with Gasteiger partial charge in [-0.25, -0.2) is 0 Å². The molecule has 0 fully saturated rings. The largest absolute Gasteiger partial charge is 0.505 e. The molecule has 0 saturated carbocycles. The van der Waals surface area contributed by atoms with Crippen molar-refractivity contribution in [1.82, 2.24) is 0 Å². The maximum absolute atomic E-state index is 11.2. The van der Waals surface area contributed by atoms with E-state index >= 15 is 0 Å². The summed E-state index contributed by atoms with van der Waals surface area (Å²) in [5.74, 6) is 0.199. The van der Waals surface area contributed by atoms with Gasteiger partial charge in [0.2, 0.25) is 0 Å². The molecule has 0 spiro atoms. The number of benzene rings is 4. The highest BCUT2D eigenvalue weighted by atomic mass is 31.1. The normalized spacial score (nSPS) is 12.4. The zero-order valence-corrected chi connectivity index (χ0v) is 22.9. The minimum absolute atomic E-state index is 0.0786. The van der Waals surface area contributed by atoms with Crippen LogP contribution in [0.3, 0.4) is 0 Å². The van der Waals surface area contributed by atoms with Gasteiger partial charge < -0.3 is 5.11 Å². The Morgan fingerprint density at radius 2 is 1.08 bits per heavy atom. The van der Waals surface area contributed by atoms with E-state index in [1.807, 2.05) is 30.3 Å². The van der Waals surface area contributed by atoms with Crippen molar-refractivity contribution in [1.29, 1.82) is 0 Å². The Morgan fingerprint density at radius 3 is 1.61 bits per heavy atom. The molecule has 0 radical (unpaired) electrons. The van der Waals surface area contributed by atoms with Gasteiger partial charge in [0.15, 0.2) is 0 Å². The van der Waals surface area contributed by atoms with Crippen molar-refractivity contribution >= 4 is 35.2 Å². The molecule has 0 unspecified atom stereocenters. The molecule has 4 rings (SSSR count). The summed E-state index contributed by atoms with van der Waals surface area (Å²) in [5.41, 5.74) is 3.03. The van der Waals surface area contributed by atoms with Gasteiger partial charge in [0.25, 0.3) is 0 Å². The fraction of sp³-hybridized carbons (Fsp3) is 0.250. The standard InChI is InChI=1S/C32H35N2OP/c1-31(2,3)23-21-26(32(4,5)6)30(35)28(22-23)34-33-27-19-13-14-20-29(27)36(24-15-9-7-10-16-24)25-17-11-8-12-18-25/h7-22,35H,1-6H3. The molecule has 36 heavy (non-hydrogen) atoms. The second-order valence-corrected chi connectivity index (χ2v) is 13.3. The van der Waals surface area contributed by atoms with Gasteiger partial charge in [-0.1, -0.05) is 126 Å². The summed E-state index contributed by atoms with van der Waals surface area (Å²) < 4.78 is 0. The molecule has 4 aromatic carbocycles. The molecular formula is C32H35N2OP. The van der Waals surface area contributed by atoms with Crippen molar-refractivity contribution in [2.75, 3.05) is 0 Å². The van der Waals surface area contributed by atoms with Crippen LogP contribution >= 0.6 is 7.92 Å². The molecule has 4 heteroatoms. The van der Waals surface area contributed by atoms with Crippen LogP contribution in [0.2, 0.25) is 0 Å². The van der Waals surface area contributed by atoms with E-state index in [1.54, 1.807) is 0 Å². The van der Waals surface area contributed by atoms with Crippen LogP contribution in [0.5, 0.6) is 5.75 Å². The number of aromatic hydroxyl groups is 1. The lowest BCUT2D eigenvalue weighted by Gasteiger charge is -2.26. The molecule has 0 aliphatic heterocycles. The highest BCUT2D eigenvalue weighted by Crippen LogP contribution is 2.43. The fourth-order valence-corrected chi connectivity index (χ4v) is 6.51. The van der Waals surface area contributed by atoms with E-state index in [2.05, 4.69) is 113 Å². The van der Waals surface area contributed by atoms with Crippen molar-refractivity contribution in [2.45, 2.75) is 52.4 Å². The Labute approximate surface area is 216 Å². The van der Waals surface area contributed by atoms with Crippen LogP contribution in [0.4, 0.5) is 11.4 Å². The Balaban J connectivity index is 1.85. The van der Waals surface area contributed by atoms with E-state index in [-0.39, 0.29) is 16.6 Å². The lowest BCUT2D eigenvalue weighted by atomic mass is 9.80. The van der Waals surface area contributed by atoms with E-state index < -0.39 is 7.92 Å². The summed E-state index contributed by atoms with van der Waals surface area (Å²) in [6.45, 7) is 12.9. The van der Waals surface area contributed by atoms with Gasteiger partial charge in [-0.05, 0) is 47.1 Å². The topological polar surface area (TPSA) is 45.0 Å². The maximum atomic E-state index is 11.2. The molecule has 4 aromatic rings. The number of nitrogens with zero attached hydrogens (tertiary/aromatic N) is 2. The number of hydrogen-bond donors (Lipinski definition) is 1. The van der Waals surface area contributed by atoms with Crippen molar-refractivity contribution in [3.8, 4) is 5.75 Å². The Hall–Kier alpha value is -3.29. The summed E-state index contributed by atoms with van der Waals surface area (Å²) in [6.07, 6.45) is 0. The third-order valence-electron chi connectivity index (χ3n) is 6.18. The quantitative estimate of drug-likeness (QED) is 0.221. The first-order valence-corrected chi connectivity index (χ1v) is 13.7. The van der Waals surface area contributed by atoms with Crippen molar-refractivity contribution in [3.05, 3.63) is 108 Å². The summed E-state index contributed by atoms with van der Waals surface area (Å²) in [5, 5.41) is 24.2. The summed E-state index contributed by atoms with van der Waals surface area (Å²) in [4.78, 5) is 0. The van der Waals surface area contributed by atoms with Gasteiger partial charge in [0.05, 0.1) is 5.69 Å². The Kier molecular flexibility index (Phi) is 7.43. The van der Waals surface area contributed by atoms with Gasteiger partial charge in [0.1, 0.15) is 11.4 Å². The second kappa shape index (κ2) is 10.4. The summed E-state index contributed by atoms with van der Waals surface area (Å²) in [6, 6.07) is 33.4. The summed E-state index contributed by atoms with van der Waals surface area (Å²) >= 11 is 0. The number of azo groups is 1. The summed E-state index contributed by atoms with van der Waals surface area (Å²) in [7, 11) is -0.821. The average Bonchev–Trinajstić information content (AvgIpc) is 2.84. The van der Waals surface area contributed by atoms with Crippen molar-refractivity contribution in [3.63, 3.8) is 0 Å². The Morgan fingerprint density at radius 1 is 0.583 bits per heavy atom. The molecule has 0 aromatic heterocycles. The molecule has 1 N–H and O–H groups in total. The zero-order valence-electron chi connectivity index (χ0n) is 22.0. The van der Waals surface area contributed by atoms with Crippen LogP contribution in [-0.4, -0.2) is 5.11 Å². The molecular weight excluding hydrogens is 459 g/mol. The number of phenolic OH excluding ortho intramolecular Hbond substituents is 1. The monoisotopic (exact) mass is 494 g/mol. The highest BCUT2D eigenvalue weighted by molar-refractivity contribution is 7.80. The van der Waals surface area contributed by atoms with Crippen LogP contribution in [0, 0.1) is 0 Å². The molecule has 184 valence electrons. The third kappa shape index (κ3) is 5.74. The first-order valence-electron chi connectivity index (χ1n) is 12.3. The molecule has 0 aliphatic carbocycles. The van der Waals surface area contributed by atoms with Crippen molar-refractivity contribution in [2.24, 2.45) is 10.2 Å². The second-order valence-electron chi connectivity index (χ2n) is 11.1. The number of hydrogen-bond acceptors (Lipinski definition) is 3. The van der Waals surface area contributed by atoms with Crippen LogP contribution in [0.25, 0.3) is 0 Å². The Bertz CT molecular complexity index is 1310. The molecule has 0 amide bonds. The SMILES string of the molecule is CC(C)(C)c1cc(N=Nc2ccccc2P(c2ccccc2)c2ccccc2)c(O)c(C(C)(C)C)c1. The average molecular weight is 495 g/mol. The fourth-order valence-electron chi connectivity index (χ4n) is 4.13. The number of rotatable bonds is 5. The predicted octanol–water partition coefficient (Wildman–Crippen LogP) is 8.16. The van der Waals surface area contributed by atoms with Gasteiger partial charge in [-0.3, -0.25) is 0 Å². The van der Waals surface area contributed by atoms with Crippen LogP contribution < -0.4 is 15.9 Å². The molecule has 0 aliphatic rings. The molecule has 3 nitrogen and oxygen atoms in total. The third-order valence-corrected chi connectivity index (χ3v) is 8.67. The lowest BCUT2D eigenvalue weighted by Crippen LogP contribution is -2.20. The van der Waals surface area contributed by atoms with E-state index in [0.29, 0.717) is 5.69 Å². The first-order chi connectivity index (χ1) is 17.1. The zero-order chi connectivity index (χ0) is 25.9. The minimum Gasteiger partial charge on any atom is -0.505 e. The first kappa shape index (κ1) is 25.8. The van der Waals surface area contributed by atoms with Crippen LogP contribution in [-0.2, 0) is 10.8 Å². The van der Waals surface area contributed by atoms with Crippen molar-refractivity contribution < 1.29 is 5.11 Å². The minimum atomic E-state index is -0.821. The molecule has 0 heterocycles. The van der Waals surface area contributed by atoms with Crippen LogP contribution in [0.15, 0.2) is 107 Å². The van der Waals surface area contributed by atoms with Crippen LogP contribution in [0.1, 0.15) is 52.7 Å². The molecule has 0 bridgehead atoms. The smallest absolute Gasteiger partial charge is 0.146 e. The van der Waals surface area contributed by atoms with E-state index in [4.69, 9.17) is 5.11 Å². The van der Waals surface area contributed by atoms with Gasteiger partial charge in [-0.15, -0.1) is 10.2 Å². The van der Waals surface area contributed by atoms with Gasteiger partial charge >= 0.3 is 0 Å². The molecule has 0 atom stereocenters. The van der Waals surface area contributed by atoms with Gasteiger partial charge in [0, 0.05) is 10.9 Å².